The van der Waals surface area contributed by atoms with E-state index in [2.05, 4.69) is 26.0 Å². The molecule has 3 heteroatoms. The summed E-state index contributed by atoms with van der Waals surface area (Å²) in [6.45, 7) is 12.0. The molecule has 3 nitrogen and oxygen atoms in total. The Bertz CT molecular complexity index is 640. The van der Waals surface area contributed by atoms with Gasteiger partial charge in [0.05, 0.1) is 18.8 Å². The zero-order valence-electron chi connectivity index (χ0n) is 16.1. The van der Waals surface area contributed by atoms with Gasteiger partial charge in [-0.05, 0) is 56.9 Å². The molecular formula is C23H32O3. The molecule has 2 aliphatic carbocycles. The van der Waals surface area contributed by atoms with E-state index in [1.165, 1.54) is 18.4 Å². The molecule has 0 radical (unpaired) electrons. The van der Waals surface area contributed by atoms with E-state index in [9.17, 15) is 0 Å². The lowest BCUT2D eigenvalue weighted by molar-refractivity contribution is -0.237. The smallest absolute Gasteiger partial charge is 0.174 e. The third-order valence-corrected chi connectivity index (χ3v) is 7.76. The molecule has 4 fully saturated rings. The van der Waals surface area contributed by atoms with Crippen LogP contribution >= 0.6 is 0 Å². The van der Waals surface area contributed by atoms with Gasteiger partial charge in [-0.1, -0.05) is 25.5 Å². The van der Waals surface area contributed by atoms with E-state index in [1.54, 1.807) is 0 Å². The van der Waals surface area contributed by atoms with Crippen molar-refractivity contribution in [2.24, 2.45) is 11.3 Å². The van der Waals surface area contributed by atoms with Crippen molar-refractivity contribution in [3.05, 3.63) is 24.8 Å². The summed E-state index contributed by atoms with van der Waals surface area (Å²) in [6.07, 6.45) is 17.2. The van der Waals surface area contributed by atoms with Gasteiger partial charge in [-0.2, -0.15) is 0 Å². The molecule has 0 aromatic carbocycles. The van der Waals surface area contributed by atoms with Gasteiger partial charge in [0.15, 0.2) is 5.79 Å². The monoisotopic (exact) mass is 356 g/mol. The first-order chi connectivity index (χ1) is 12.5. The summed E-state index contributed by atoms with van der Waals surface area (Å²) in [6, 6.07) is 0. The molecule has 2 saturated heterocycles. The van der Waals surface area contributed by atoms with Gasteiger partial charge < -0.3 is 14.2 Å². The quantitative estimate of drug-likeness (QED) is 0.538. The van der Waals surface area contributed by atoms with Crippen molar-refractivity contribution in [2.45, 2.75) is 81.7 Å². The summed E-state index contributed by atoms with van der Waals surface area (Å²) >= 11 is 0. The van der Waals surface area contributed by atoms with Crippen LogP contribution in [0.4, 0.5) is 0 Å². The van der Waals surface area contributed by atoms with Crippen LogP contribution in [0.25, 0.3) is 0 Å². The van der Waals surface area contributed by atoms with Crippen LogP contribution in [0.1, 0.15) is 64.7 Å². The van der Waals surface area contributed by atoms with E-state index in [-0.39, 0.29) is 16.9 Å². The highest BCUT2D eigenvalue weighted by molar-refractivity contribution is 5.28. The van der Waals surface area contributed by atoms with Crippen molar-refractivity contribution in [1.82, 2.24) is 0 Å². The van der Waals surface area contributed by atoms with Crippen molar-refractivity contribution in [3.8, 4) is 12.3 Å². The van der Waals surface area contributed by atoms with Crippen LogP contribution in [0.5, 0.6) is 0 Å². The molecule has 2 aliphatic heterocycles. The first-order valence-corrected chi connectivity index (χ1v) is 10.2. The molecule has 0 unspecified atom stereocenters. The molecule has 142 valence electrons. The van der Waals surface area contributed by atoms with Crippen LogP contribution < -0.4 is 0 Å². The third-order valence-electron chi connectivity index (χ3n) is 7.76. The first-order valence-electron chi connectivity index (χ1n) is 10.2. The normalized spacial score (nSPS) is 44.6. The second kappa shape index (κ2) is 6.23. The number of terminal acetylenes is 1. The molecule has 0 N–H and O–H groups in total. The molecule has 26 heavy (non-hydrogen) atoms. The van der Waals surface area contributed by atoms with Gasteiger partial charge in [0.25, 0.3) is 0 Å². The average molecular weight is 357 g/mol. The fourth-order valence-corrected chi connectivity index (χ4v) is 6.34. The van der Waals surface area contributed by atoms with Crippen LogP contribution in [0, 0.1) is 23.7 Å². The van der Waals surface area contributed by atoms with E-state index < -0.39 is 11.4 Å². The number of hydrogen-bond acceptors (Lipinski definition) is 3. The van der Waals surface area contributed by atoms with E-state index in [0.29, 0.717) is 13.2 Å². The van der Waals surface area contributed by atoms with E-state index in [4.69, 9.17) is 20.6 Å². The molecule has 0 aromatic heterocycles. The van der Waals surface area contributed by atoms with Crippen LogP contribution in [-0.4, -0.2) is 30.2 Å². The lowest BCUT2D eigenvalue weighted by Crippen LogP contribution is -2.53. The largest absolute Gasteiger partial charge is 0.351 e. The second-order valence-electron chi connectivity index (χ2n) is 8.89. The summed E-state index contributed by atoms with van der Waals surface area (Å²) in [5, 5.41) is 0. The summed E-state index contributed by atoms with van der Waals surface area (Å²) in [5.74, 6) is 2.78. The Hall–Kier alpha value is -1.08. The molecule has 4 aliphatic rings. The van der Waals surface area contributed by atoms with Gasteiger partial charge in [-0.25, -0.2) is 0 Å². The number of hydrogen-bond donors (Lipinski definition) is 0. The van der Waals surface area contributed by atoms with Gasteiger partial charge in [-0.15, -0.1) is 13.0 Å². The zero-order valence-corrected chi connectivity index (χ0v) is 16.1. The summed E-state index contributed by atoms with van der Waals surface area (Å²) in [4.78, 5) is 0. The Labute approximate surface area is 158 Å². The summed E-state index contributed by atoms with van der Waals surface area (Å²) in [5.41, 5.74) is 0.246. The van der Waals surface area contributed by atoms with Crippen molar-refractivity contribution in [3.63, 3.8) is 0 Å². The highest BCUT2D eigenvalue weighted by Crippen LogP contribution is 2.64. The van der Waals surface area contributed by atoms with Crippen LogP contribution in [0.3, 0.4) is 0 Å². The van der Waals surface area contributed by atoms with Crippen LogP contribution in [-0.2, 0) is 14.2 Å². The topological polar surface area (TPSA) is 27.7 Å². The fourth-order valence-electron chi connectivity index (χ4n) is 6.34. The molecule has 0 aromatic rings. The lowest BCUT2D eigenvalue weighted by atomic mass is 9.66. The minimum absolute atomic E-state index is 0.199. The van der Waals surface area contributed by atoms with Gasteiger partial charge in [-0.3, -0.25) is 0 Å². The molecule has 2 heterocycles. The highest BCUT2D eigenvalue weighted by Gasteiger charge is 2.68. The maximum atomic E-state index is 6.89. The van der Waals surface area contributed by atoms with Gasteiger partial charge >= 0.3 is 0 Å². The Morgan fingerprint density at radius 3 is 2.62 bits per heavy atom. The van der Waals surface area contributed by atoms with E-state index in [1.807, 2.05) is 6.08 Å². The molecule has 0 bridgehead atoms. The number of allylic oxidation sites excluding steroid dienone is 1. The first kappa shape index (κ1) is 18.3. The maximum Gasteiger partial charge on any atom is 0.174 e. The van der Waals surface area contributed by atoms with Crippen molar-refractivity contribution in [1.29, 1.82) is 0 Å². The maximum absolute atomic E-state index is 6.89. The van der Waals surface area contributed by atoms with Crippen molar-refractivity contribution < 1.29 is 14.2 Å². The Morgan fingerprint density at radius 1 is 1.19 bits per heavy atom. The minimum Gasteiger partial charge on any atom is -0.351 e. The molecule has 2 saturated carbocycles. The lowest BCUT2D eigenvalue weighted by Gasteiger charge is -2.47. The minimum atomic E-state index is -0.559. The Kier molecular flexibility index (Phi) is 4.38. The SMILES string of the molecule is C#C[C@@]1([C@H]2CCC3(OCCO3)[C@@]2(C)CC=C)CC[C@@]2(CCCCC2=C)O1. The zero-order chi connectivity index (χ0) is 18.5. The molecule has 4 rings (SSSR count). The van der Waals surface area contributed by atoms with Gasteiger partial charge in [0, 0.05) is 17.8 Å². The Morgan fingerprint density at radius 2 is 1.96 bits per heavy atom. The van der Waals surface area contributed by atoms with Gasteiger partial charge in [0.2, 0.25) is 0 Å². The van der Waals surface area contributed by atoms with Crippen LogP contribution in [0.15, 0.2) is 24.8 Å². The second-order valence-corrected chi connectivity index (χ2v) is 8.89. The third kappa shape index (κ3) is 2.32. The number of ether oxygens (including phenoxy) is 3. The molecule has 4 atom stereocenters. The van der Waals surface area contributed by atoms with E-state index in [0.717, 1.165) is 44.9 Å². The Balaban J connectivity index is 1.69. The predicted octanol–water partition coefficient (Wildman–Crippen LogP) is 4.77. The average Bonchev–Trinajstić information content (AvgIpc) is 3.32. The highest BCUT2D eigenvalue weighted by atomic mass is 16.7. The summed E-state index contributed by atoms with van der Waals surface area (Å²) in [7, 11) is 0. The predicted molar refractivity (Wildman–Crippen MR) is 103 cm³/mol. The van der Waals surface area contributed by atoms with Crippen molar-refractivity contribution >= 4 is 0 Å². The fraction of sp³-hybridized carbons (Fsp3) is 0.739. The molecule has 2 spiro atoms. The van der Waals surface area contributed by atoms with E-state index >= 15 is 0 Å². The molecular weight excluding hydrogens is 324 g/mol. The van der Waals surface area contributed by atoms with Gasteiger partial charge in [0.1, 0.15) is 5.60 Å². The summed E-state index contributed by atoms with van der Waals surface area (Å²) < 4.78 is 19.3. The standard InChI is InChI=1S/C23H32O3/c1-5-11-20(4)19(10-13-23(20)24-16-17-25-23)21(6-2)14-15-22(26-21)12-8-7-9-18(22)3/h2,5,19H,1,3,7-17H2,4H3/t19-,20-,21-,22+/m0/s1. The number of rotatable bonds is 3. The van der Waals surface area contributed by atoms with Crippen molar-refractivity contribution in [2.75, 3.05) is 13.2 Å². The van der Waals surface area contributed by atoms with Crippen LogP contribution in [0.2, 0.25) is 0 Å². The molecule has 0 amide bonds.